The molecule has 0 bridgehead atoms. The largest absolute Gasteiger partial charge is 0.456 e. The van der Waals surface area contributed by atoms with Crippen molar-refractivity contribution in [2.75, 3.05) is 6.54 Å². The van der Waals surface area contributed by atoms with Gasteiger partial charge < -0.3 is 15.2 Å². The maximum atomic E-state index is 13.3. The number of fused-ring (bicyclic) bond motifs is 1. The summed E-state index contributed by atoms with van der Waals surface area (Å²) in [5, 5.41) is 13.6. The second-order valence-electron chi connectivity index (χ2n) is 9.95. The van der Waals surface area contributed by atoms with Crippen LogP contribution < -0.4 is 15.6 Å². The Bertz CT molecular complexity index is 1530. The first kappa shape index (κ1) is 26.8. The molecule has 1 heterocycles. The van der Waals surface area contributed by atoms with Crippen LogP contribution in [0.25, 0.3) is 17.2 Å². The summed E-state index contributed by atoms with van der Waals surface area (Å²) >= 11 is 0. The summed E-state index contributed by atoms with van der Waals surface area (Å²) < 4.78 is 7.46. The zero-order valence-electron chi connectivity index (χ0n) is 22.3. The number of hydrogen-bond donors (Lipinski definition) is 2. The molecule has 0 radical (unpaired) electrons. The number of carbonyl (C=O) groups excluding carboxylic acids is 2. The Labute approximate surface area is 222 Å². The van der Waals surface area contributed by atoms with Crippen molar-refractivity contribution in [1.29, 1.82) is 0 Å². The van der Waals surface area contributed by atoms with Crippen molar-refractivity contribution in [2.24, 2.45) is 0 Å². The quantitative estimate of drug-likeness (QED) is 0.432. The van der Waals surface area contributed by atoms with Gasteiger partial charge in [0.2, 0.25) is 5.91 Å². The molecule has 0 saturated heterocycles. The fourth-order valence-electron chi connectivity index (χ4n) is 4.61. The highest BCUT2D eigenvalue weighted by Gasteiger charge is 2.28. The van der Waals surface area contributed by atoms with E-state index in [9.17, 15) is 19.5 Å². The summed E-state index contributed by atoms with van der Waals surface area (Å²) in [6.45, 7) is 13.1. The molecule has 3 aromatic rings. The maximum absolute atomic E-state index is 13.3. The molecule has 1 aliphatic carbocycles. The summed E-state index contributed by atoms with van der Waals surface area (Å²) in [5.74, 6) is 0.318. The standard InChI is InChI=1S/C31H32N2O5/c1-7-27(34)33-17-25(22-14-20(29(35)32-8-2)15-24(22)30(33)36)23-16-21(31(5,6)37)12-13-26(23)38-28-18(3)10-9-11-19(28)4/h7,9-14,16-17,37H,1,8,15H2,2-6H3,(H,32,35). The zero-order valence-corrected chi connectivity index (χ0v) is 22.3. The predicted octanol–water partition coefficient (Wildman–Crippen LogP) is 5.05. The van der Waals surface area contributed by atoms with E-state index in [4.69, 9.17) is 4.74 Å². The first-order valence-electron chi connectivity index (χ1n) is 12.5. The number of allylic oxidation sites excluding steroid dienone is 1. The number of aromatic nitrogens is 1. The first-order valence-corrected chi connectivity index (χ1v) is 12.5. The number of nitrogens with one attached hydrogen (secondary N) is 1. The number of pyridine rings is 1. The molecule has 2 N–H and O–H groups in total. The average molecular weight is 513 g/mol. The minimum atomic E-state index is -1.16. The molecule has 0 unspecified atom stereocenters. The van der Waals surface area contributed by atoms with E-state index in [1.165, 1.54) is 6.20 Å². The Morgan fingerprint density at radius 1 is 1.16 bits per heavy atom. The third kappa shape index (κ3) is 4.97. The summed E-state index contributed by atoms with van der Waals surface area (Å²) in [7, 11) is 0. The maximum Gasteiger partial charge on any atom is 0.261 e. The molecular formula is C31H32N2O5. The Hall–Kier alpha value is -4.23. The number of amides is 1. The highest BCUT2D eigenvalue weighted by molar-refractivity contribution is 6.02. The number of aryl methyl sites for hydroxylation is 2. The van der Waals surface area contributed by atoms with Crippen molar-refractivity contribution in [3.63, 3.8) is 0 Å². The van der Waals surface area contributed by atoms with Crippen molar-refractivity contribution in [1.82, 2.24) is 9.88 Å². The smallest absolute Gasteiger partial charge is 0.261 e. The van der Waals surface area contributed by atoms with Gasteiger partial charge in [-0.15, -0.1) is 0 Å². The third-order valence-electron chi connectivity index (χ3n) is 6.67. The van der Waals surface area contributed by atoms with Crippen LogP contribution in [0.2, 0.25) is 0 Å². The van der Waals surface area contributed by atoms with Crippen LogP contribution >= 0.6 is 0 Å². The normalized spacial score (nSPS) is 12.5. The number of likely N-dealkylation sites (N-methyl/N-ethyl adjacent to an activating group) is 1. The van der Waals surface area contributed by atoms with Crippen molar-refractivity contribution in [2.45, 2.75) is 46.6 Å². The van der Waals surface area contributed by atoms with E-state index in [-0.39, 0.29) is 12.3 Å². The molecule has 2 aromatic carbocycles. The molecule has 0 fully saturated rings. The molecule has 1 aromatic heterocycles. The summed E-state index contributed by atoms with van der Waals surface area (Å²) in [6, 6.07) is 11.2. The Kier molecular flexibility index (Phi) is 7.24. The summed E-state index contributed by atoms with van der Waals surface area (Å²) in [5.41, 5.74) is 3.26. The van der Waals surface area contributed by atoms with E-state index in [1.54, 1.807) is 38.1 Å². The van der Waals surface area contributed by atoms with Crippen molar-refractivity contribution >= 4 is 17.9 Å². The highest BCUT2D eigenvalue weighted by Crippen LogP contribution is 2.42. The lowest BCUT2D eigenvalue weighted by atomic mass is 9.92. The summed E-state index contributed by atoms with van der Waals surface area (Å²) in [6.07, 6.45) is 4.32. The van der Waals surface area contributed by atoms with E-state index in [1.807, 2.05) is 39.0 Å². The number of para-hydroxylation sites is 1. The van der Waals surface area contributed by atoms with Gasteiger partial charge in [-0.2, -0.15) is 0 Å². The summed E-state index contributed by atoms with van der Waals surface area (Å²) in [4.78, 5) is 38.7. The first-order chi connectivity index (χ1) is 18.0. The van der Waals surface area contributed by atoms with E-state index < -0.39 is 17.1 Å². The van der Waals surface area contributed by atoms with E-state index >= 15 is 0 Å². The van der Waals surface area contributed by atoms with Crippen LogP contribution in [-0.2, 0) is 16.8 Å². The van der Waals surface area contributed by atoms with Crippen molar-refractivity contribution in [3.05, 3.63) is 99.0 Å². The fourth-order valence-corrected chi connectivity index (χ4v) is 4.61. The molecule has 1 aliphatic rings. The molecule has 4 rings (SSSR count). The average Bonchev–Trinajstić information content (AvgIpc) is 3.32. The fraction of sp³-hybridized carbons (Fsp3) is 0.258. The predicted molar refractivity (Wildman–Crippen MR) is 149 cm³/mol. The van der Waals surface area contributed by atoms with Crippen LogP contribution in [0.15, 0.2) is 65.6 Å². The van der Waals surface area contributed by atoms with Gasteiger partial charge >= 0.3 is 0 Å². The third-order valence-corrected chi connectivity index (χ3v) is 6.67. The number of benzene rings is 2. The molecule has 0 saturated carbocycles. The van der Waals surface area contributed by atoms with Crippen molar-refractivity contribution in [3.8, 4) is 22.6 Å². The van der Waals surface area contributed by atoms with Crippen LogP contribution in [0, 0.1) is 13.8 Å². The van der Waals surface area contributed by atoms with Crippen molar-refractivity contribution < 1.29 is 19.4 Å². The van der Waals surface area contributed by atoms with Crippen LogP contribution in [0.1, 0.15) is 53.4 Å². The second-order valence-corrected chi connectivity index (χ2v) is 9.95. The topological polar surface area (TPSA) is 97.6 Å². The molecule has 0 spiro atoms. The molecule has 38 heavy (non-hydrogen) atoms. The minimum Gasteiger partial charge on any atom is -0.456 e. The molecular weight excluding hydrogens is 480 g/mol. The number of rotatable bonds is 7. The number of aliphatic hydroxyl groups is 1. The zero-order chi connectivity index (χ0) is 27.8. The molecule has 0 aliphatic heterocycles. The molecule has 7 heteroatoms. The van der Waals surface area contributed by atoms with E-state index in [0.717, 1.165) is 21.8 Å². The number of carbonyl (C=O) groups is 2. The van der Waals surface area contributed by atoms with Gasteiger partial charge in [0, 0.05) is 41.4 Å². The molecule has 1 amide bonds. The van der Waals surface area contributed by atoms with Crippen LogP contribution in [0.3, 0.4) is 0 Å². The SMILES string of the molecule is C=CC(=O)n1cc(-c2cc(C(C)(C)O)ccc2Oc2c(C)cccc2C)c2c(c1=O)CC(C(=O)NCC)=C2. The van der Waals surface area contributed by atoms with E-state index in [0.29, 0.717) is 51.4 Å². The van der Waals surface area contributed by atoms with Crippen LogP contribution in [0.4, 0.5) is 0 Å². The monoisotopic (exact) mass is 512 g/mol. The lowest BCUT2D eigenvalue weighted by Gasteiger charge is -2.22. The van der Waals surface area contributed by atoms with E-state index in [2.05, 4.69) is 11.9 Å². The molecule has 0 atom stereocenters. The highest BCUT2D eigenvalue weighted by atomic mass is 16.5. The van der Waals surface area contributed by atoms with Gasteiger partial charge in [-0.3, -0.25) is 14.4 Å². The Morgan fingerprint density at radius 2 is 1.84 bits per heavy atom. The van der Waals surface area contributed by atoms with Gasteiger partial charge in [-0.1, -0.05) is 30.8 Å². The van der Waals surface area contributed by atoms with Crippen LogP contribution in [0.5, 0.6) is 11.5 Å². The number of ether oxygens (including phenoxy) is 1. The van der Waals surface area contributed by atoms with Gasteiger partial charge in [-0.25, -0.2) is 4.57 Å². The van der Waals surface area contributed by atoms with Gasteiger partial charge in [-0.05, 0) is 81.2 Å². The molecule has 7 nitrogen and oxygen atoms in total. The van der Waals surface area contributed by atoms with Gasteiger partial charge in [0.05, 0.1) is 5.60 Å². The minimum absolute atomic E-state index is 0.0938. The van der Waals surface area contributed by atoms with Gasteiger partial charge in [0.25, 0.3) is 11.5 Å². The lowest BCUT2D eigenvalue weighted by Crippen LogP contribution is -2.29. The Morgan fingerprint density at radius 3 is 2.45 bits per heavy atom. The number of nitrogens with zero attached hydrogens (tertiary/aromatic N) is 1. The lowest BCUT2D eigenvalue weighted by molar-refractivity contribution is -0.117. The van der Waals surface area contributed by atoms with Gasteiger partial charge in [0.15, 0.2) is 0 Å². The Balaban J connectivity index is 2.03. The van der Waals surface area contributed by atoms with Gasteiger partial charge in [0.1, 0.15) is 11.5 Å². The molecule has 196 valence electrons. The number of hydrogen-bond acceptors (Lipinski definition) is 5. The van der Waals surface area contributed by atoms with Crippen LogP contribution in [-0.4, -0.2) is 28.0 Å². The second kappa shape index (κ2) is 10.3.